The molecule has 17 heavy (non-hydrogen) atoms. The first kappa shape index (κ1) is 14.2. The molecule has 0 bridgehead atoms. The molecule has 4 nitrogen and oxygen atoms in total. The van der Waals surface area contributed by atoms with Crippen LogP contribution in [-0.4, -0.2) is 42.0 Å². The summed E-state index contributed by atoms with van der Waals surface area (Å²) >= 11 is 0. The second kappa shape index (κ2) is 6.14. The summed E-state index contributed by atoms with van der Waals surface area (Å²) in [5.74, 6) is 0.235. The molecule has 0 aromatic heterocycles. The summed E-state index contributed by atoms with van der Waals surface area (Å²) in [4.78, 5) is 0.349. The van der Waals surface area contributed by atoms with E-state index in [-0.39, 0.29) is 5.92 Å². The highest BCUT2D eigenvalue weighted by atomic mass is 32.2. The van der Waals surface area contributed by atoms with E-state index in [1.807, 2.05) is 19.2 Å². The lowest BCUT2D eigenvalue weighted by atomic mass is 10.0. The summed E-state index contributed by atoms with van der Waals surface area (Å²) in [6.45, 7) is 1.41. The Kier molecular flexibility index (Phi) is 5.11. The predicted octanol–water partition coefficient (Wildman–Crippen LogP) is 1.04. The Balaban J connectivity index is 2.91. The van der Waals surface area contributed by atoms with Gasteiger partial charge in [0.1, 0.15) is 0 Å². The molecule has 0 aliphatic rings. The summed E-state index contributed by atoms with van der Waals surface area (Å²) in [7, 11) is 0.426. The van der Waals surface area contributed by atoms with Crippen molar-refractivity contribution in [1.82, 2.24) is 5.32 Å². The van der Waals surface area contributed by atoms with Crippen LogP contribution in [0.5, 0.6) is 0 Å². The Hall–Kier alpha value is -0.910. The summed E-state index contributed by atoms with van der Waals surface area (Å²) in [5.41, 5.74) is 1.08. The minimum Gasteiger partial charge on any atom is -0.384 e. The van der Waals surface area contributed by atoms with Crippen molar-refractivity contribution in [3.63, 3.8) is 0 Å². The number of nitrogens with one attached hydrogen (secondary N) is 1. The number of hydrogen-bond acceptors (Lipinski definition) is 4. The summed E-state index contributed by atoms with van der Waals surface area (Å²) in [6, 6.07) is 6.97. The number of hydrogen-bond donors (Lipinski definition) is 1. The monoisotopic (exact) mass is 257 g/mol. The maximum absolute atomic E-state index is 11.3. The van der Waals surface area contributed by atoms with Gasteiger partial charge in [0.15, 0.2) is 9.84 Å². The van der Waals surface area contributed by atoms with E-state index in [1.165, 1.54) is 6.26 Å². The van der Waals surface area contributed by atoms with Gasteiger partial charge < -0.3 is 10.1 Å². The molecular formula is C12H19NO3S. The van der Waals surface area contributed by atoms with Crippen molar-refractivity contribution in [2.75, 3.05) is 33.6 Å². The fourth-order valence-corrected chi connectivity index (χ4v) is 2.34. The third-order valence-electron chi connectivity index (χ3n) is 2.60. The van der Waals surface area contributed by atoms with E-state index in [0.29, 0.717) is 11.5 Å². The van der Waals surface area contributed by atoms with Gasteiger partial charge in [0, 0.05) is 25.8 Å². The summed E-state index contributed by atoms with van der Waals surface area (Å²) < 4.78 is 27.8. The van der Waals surface area contributed by atoms with Gasteiger partial charge in [0.2, 0.25) is 0 Å². The van der Waals surface area contributed by atoms with Crippen molar-refractivity contribution in [2.45, 2.75) is 10.8 Å². The Labute approximate surface area is 103 Å². The van der Waals surface area contributed by atoms with Crippen LogP contribution in [0.3, 0.4) is 0 Å². The van der Waals surface area contributed by atoms with Gasteiger partial charge in [-0.3, -0.25) is 0 Å². The zero-order valence-electron chi connectivity index (χ0n) is 10.4. The Morgan fingerprint density at radius 3 is 2.29 bits per heavy atom. The predicted molar refractivity (Wildman–Crippen MR) is 68.1 cm³/mol. The largest absolute Gasteiger partial charge is 0.384 e. The third kappa shape index (κ3) is 4.11. The molecule has 0 saturated heterocycles. The minimum absolute atomic E-state index is 0.235. The number of methoxy groups -OCH3 is 1. The quantitative estimate of drug-likeness (QED) is 0.827. The molecule has 0 aliphatic heterocycles. The normalized spacial score (nSPS) is 13.6. The molecular weight excluding hydrogens is 238 g/mol. The molecule has 0 aliphatic carbocycles. The first-order chi connectivity index (χ1) is 7.99. The molecule has 1 N–H and O–H groups in total. The van der Waals surface area contributed by atoms with Gasteiger partial charge in [-0.05, 0) is 24.7 Å². The number of ether oxygens (including phenoxy) is 1. The molecule has 0 radical (unpaired) electrons. The molecule has 0 amide bonds. The summed E-state index contributed by atoms with van der Waals surface area (Å²) in [6.07, 6.45) is 1.21. The van der Waals surface area contributed by atoms with Crippen molar-refractivity contribution >= 4 is 9.84 Å². The van der Waals surface area contributed by atoms with Crippen LogP contribution in [0.2, 0.25) is 0 Å². The van der Waals surface area contributed by atoms with Gasteiger partial charge in [0.05, 0.1) is 11.5 Å². The number of rotatable bonds is 6. The SMILES string of the molecule is CNCC(COC)c1ccc(S(C)(=O)=O)cc1. The van der Waals surface area contributed by atoms with Crippen LogP contribution < -0.4 is 5.32 Å². The van der Waals surface area contributed by atoms with Crippen LogP contribution >= 0.6 is 0 Å². The second-order valence-corrected chi connectivity index (χ2v) is 6.07. The van der Waals surface area contributed by atoms with E-state index in [1.54, 1.807) is 19.2 Å². The van der Waals surface area contributed by atoms with E-state index in [2.05, 4.69) is 5.32 Å². The van der Waals surface area contributed by atoms with Crippen molar-refractivity contribution in [3.05, 3.63) is 29.8 Å². The van der Waals surface area contributed by atoms with Crippen molar-refractivity contribution < 1.29 is 13.2 Å². The molecule has 0 saturated carbocycles. The molecule has 96 valence electrons. The first-order valence-corrected chi connectivity index (χ1v) is 7.31. The molecule has 1 aromatic carbocycles. The molecule has 5 heteroatoms. The first-order valence-electron chi connectivity index (χ1n) is 5.42. The van der Waals surface area contributed by atoms with Crippen molar-refractivity contribution in [3.8, 4) is 0 Å². The molecule has 1 rings (SSSR count). The van der Waals surface area contributed by atoms with E-state index in [9.17, 15) is 8.42 Å². The highest BCUT2D eigenvalue weighted by Gasteiger charge is 2.12. The maximum Gasteiger partial charge on any atom is 0.175 e. The lowest BCUT2D eigenvalue weighted by Crippen LogP contribution is -2.21. The number of sulfone groups is 1. The van der Waals surface area contributed by atoms with Crippen LogP contribution in [0.4, 0.5) is 0 Å². The van der Waals surface area contributed by atoms with Gasteiger partial charge >= 0.3 is 0 Å². The zero-order chi connectivity index (χ0) is 12.9. The molecule has 1 atom stereocenters. The van der Waals surface area contributed by atoms with Gasteiger partial charge in [-0.1, -0.05) is 12.1 Å². The van der Waals surface area contributed by atoms with E-state index in [4.69, 9.17) is 4.74 Å². The second-order valence-electron chi connectivity index (χ2n) is 4.05. The summed E-state index contributed by atoms with van der Waals surface area (Å²) in [5, 5.41) is 3.10. The van der Waals surface area contributed by atoms with Crippen LogP contribution in [-0.2, 0) is 14.6 Å². The van der Waals surface area contributed by atoms with Crippen molar-refractivity contribution in [2.24, 2.45) is 0 Å². The van der Waals surface area contributed by atoms with Crippen LogP contribution in [0.15, 0.2) is 29.2 Å². The topological polar surface area (TPSA) is 55.4 Å². The highest BCUT2D eigenvalue weighted by Crippen LogP contribution is 2.18. The van der Waals surface area contributed by atoms with E-state index < -0.39 is 9.84 Å². The molecule has 1 unspecified atom stereocenters. The van der Waals surface area contributed by atoms with Crippen LogP contribution in [0, 0.1) is 0 Å². The molecule has 0 heterocycles. The molecule has 0 spiro atoms. The Morgan fingerprint density at radius 1 is 1.29 bits per heavy atom. The van der Waals surface area contributed by atoms with E-state index >= 15 is 0 Å². The van der Waals surface area contributed by atoms with Gasteiger partial charge in [-0.15, -0.1) is 0 Å². The van der Waals surface area contributed by atoms with Crippen LogP contribution in [0.25, 0.3) is 0 Å². The average Bonchev–Trinajstić information content (AvgIpc) is 2.28. The zero-order valence-corrected chi connectivity index (χ0v) is 11.3. The Morgan fingerprint density at radius 2 is 1.88 bits per heavy atom. The van der Waals surface area contributed by atoms with Crippen molar-refractivity contribution in [1.29, 1.82) is 0 Å². The van der Waals surface area contributed by atoms with Gasteiger partial charge in [-0.25, -0.2) is 8.42 Å². The lowest BCUT2D eigenvalue weighted by Gasteiger charge is -2.16. The fraction of sp³-hybridized carbons (Fsp3) is 0.500. The van der Waals surface area contributed by atoms with E-state index in [0.717, 1.165) is 12.1 Å². The minimum atomic E-state index is -3.12. The molecule has 1 aromatic rings. The standard InChI is InChI=1S/C12H19NO3S/c1-13-8-11(9-16-2)10-4-6-12(7-5-10)17(3,14)15/h4-7,11,13H,8-9H2,1-3H3. The fourth-order valence-electron chi connectivity index (χ4n) is 1.71. The average molecular weight is 257 g/mol. The van der Waals surface area contributed by atoms with Gasteiger partial charge in [-0.2, -0.15) is 0 Å². The number of likely N-dealkylation sites (N-methyl/N-ethyl adjacent to an activating group) is 1. The molecule has 0 fully saturated rings. The third-order valence-corrected chi connectivity index (χ3v) is 3.73. The van der Waals surface area contributed by atoms with Gasteiger partial charge in [0.25, 0.3) is 0 Å². The van der Waals surface area contributed by atoms with Crippen LogP contribution in [0.1, 0.15) is 11.5 Å². The highest BCUT2D eigenvalue weighted by molar-refractivity contribution is 7.90. The Bertz CT molecular complexity index is 433. The maximum atomic E-state index is 11.3. The number of benzene rings is 1. The lowest BCUT2D eigenvalue weighted by molar-refractivity contribution is 0.178. The smallest absolute Gasteiger partial charge is 0.175 e.